The van der Waals surface area contributed by atoms with Crippen molar-refractivity contribution in [2.75, 3.05) is 6.54 Å². The molecule has 0 saturated carbocycles. The third-order valence-electron chi connectivity index (χ3n) is 2.30. The molecule has 96 valence electrons. The summed E-state index contributed by atoms with van der Waals surface area (Å²) in [6, 6.07) is 3.50. The molecule has 0 aliphatic rings. The Labute approximate surface area is 104 Å². The molecule has 6 nitrogen and oxygen atoms in total. The SMILES string of the molecule is C=CCCCNC(=O)c1ccc([N+](=O)[O-])c(O)c1. The van der Waals surface area contributed by atoms with Crippen molar-refractivity contribution in [2.24, 2.45) is 0 Å². The van der Waals surface area contributed by atoms with Crippen LogP contribution in [0.1, 0.15) is 23.2 Å². The van der Waals surface area contributed by atoms with Crippen LogP contribution < -0.4 is 5.32 Å². The van der Waals surface area contributed by atoms with Crippen molar-refractivity contribution in [1.82, 2.24) is 5.32 Å². The predicted octanol–water partition coefficient (Wildman–Crippen LogP) is 2.00. The van der Waals surface area contributed by atoms with Crippen LogP contribution in [-0.4, -0.2) is 22.5 Å². The molecule has 1 rings (SSSR count). The largest absolute Gasteiger partial charge is 0.502 e. The van der Waals surface area contributed by atoms with Crippen LogP contribution in [0.3, 0.4) is 0 Å². The van der Waals surface area contributed by atoms with Crippen LogP contribution in [-0.2, 0) is 0 Å². The minimum atomic E-state index is -0.707. The number of allylic oxidation sites excluding steroid dienone is 1. The quantitative estimate of drug-likeness (QED) is 0.349. The highest BCUT2D eigenvalue weighted by atomic mass is 16.6. The summed E-state index contributed by atoms with van der Waals surface area (Å²) in [6.07, 6.45) is 3.32. The molecule has 1 aromatic carbocycles. The minimum absolute atomic E-state index is 0.191. The Hall–Kier alpha value is -2.37. The van der Waals surface area contributed by atoms with E-state index in [9.17, 15) is 20.0 Å². The molecule has 1 aromatic rings. The Balaban J connectivity index is 2.66. The maximum atomic E-state index is 11.6. The second-order valence-corrected chi connectivity index (χ2v) is 3.65. The van der Waals surface area contributed by atoms with Crippen LogP contribution in [0.5, 0.6) is 5.75 Å². The number of nitrogens with zero attached hydrogens (tertiary/aromatic N) is 1. The number of unbranched alkanes of at least 4 members (excludes halogenated alkanes) is 1. The molecule has 2 N–H and O–H groups in total. The zero-order valence-corrected chi connectivity index (χ0v) is 9.76. The molecule has 0 fully saturated rings. The zero-order valence-electron chi connectivity index (χ0n) is 9.76. The first-order valence-electron chi connectivity index (χ1n) is 5.42. The first-order valence-corrected chi connectivity index (χ1v) is 5.42. The Morgan fingerprint density at radius 1 is 1.56 bits per heavy atom. The Bertz CT molecular complexity index is 471. The van der Waals surface area contributed by atoms with Gasteiger partial charge in [0, 0.05) is 18.2 Å². The fourth-order valence-corrected chi connectivity index (χ4v) is 1.37. The molecule has 0 spiro atoms. The third kappa shape index (κ3) is 3.58. The molecule has 0 aromatic heterocycles. The molecule has 6 heteroatoms. The van der Waals surface area contributed by atoms with Crippen LogP contribution in [0, 0.1) is 10.1 Å². The van der Waals surface area contributed by atoms with E-state index in [1.807, 2.05) is 0 Å². The van der Waals surface area contributed by atoms with E-state index in [-0.39, 0.29) is 11.5 Å². The molecular weight excluding hydrogens is 236 g/mol. The second-order valence-electron chi connectivity index (χ2n) is 3.65. The molecule has 18 heavy (non-hydrogen) atoms. The number of benzene rings is 1. The lowest BCUT2D eigenvalue weighted by Gasteiger charge is -2.04. The number of carbonyl (C=O) groups excluding carboxylic acids is 1. The van der Waals surface area contributed by atoms with E-state index in [2.05, 4.69) is 11.9 Å². The van der Waals surface area contributed by atoms with Crippen LogP contribution in [0.15, 0.2) is 30.9 Å². The molecular formula is C12H14N2O4. The number of phenolic OH excluding ortho intramolecular Hbond substituents is 1. The van der Waals surface area contributed by atoms with Gasteiger partial charge in [0.05, 0.1) is 4.92 Å². The third-order valence-corrected chi connectivity index (χ3v) is 2.30. The van der Waals surface area contributed by atoms with E-state index >= 15 is 0 Å². The smallest absolute Gasteiger partial charge is 0.310 e. The number of nitrogens with one attached hydrogen (secondary N) is 1. The van der Waals surface area contributed by atoms with Gasteiger partial charge in [-0.25, -0.2) is 0 Å². The number of hydrogen-bond donors (Lipinski definition) is 2. The molecule has 0 aliphatic carbocycles. The molecule has 0 heterocycles. The summed E-state index contributed by atoms with van der Waals surface area (Å²) >= 11 is 0. The maximum absolute atomic E-state index is 11.6. The summed E-state index contributed by atoms with van der Waals surface area (Å²) in [4.78, 5) is 21.4. The van der Waals surface area contributed by atoms with Crippen LogP contribution >= 0.6 is 0 Å². The average molecular weight is 250 g/mol. The normalized spacial score (nSPS) is 9.78. The van der Waals surface area contributed by atoms with Gasteiger partial charge >= 0.3 is 5.69 Å². The van der Waals surface area contributed by atoms with Gasteiger partial charge in [-0.05, 0) is 25.0 Å². The topological polar surface area (TPSA) is 92.5 Å². The van der Waals surface area contributed by atoms with Crippen molar-refractivity contribution < 1.29 is 14.8 Å². The first-order chi connectivity index (χ1) is 8.56. The van der Waals surface area contributed by atoms with Gasteiger partial charge in [-0.2, -0.15) is 0 Å². The lowest BCUT2D eigenvalue weighted by atomic mass is 10.1. The zero-order chi connectivity index (χ0) is 13.5. The maximum Gasteiger partial charge on any atom is 0.310 e. The highest BCUT2D eigenvalue weighted by Crippen LogP contribution is 2.26. The number of nitro groups is 1. The number of phenols is 1. The molecule has 0 aliphatic heterocycles. The predicted molar refractivity (Wildman–Crippen MR) is 66.5 cm³/mol. The average Bonchev–Trinajstić information content (AvgIpc) is 2.33. The van der Waals surface area contributed by atoms with Gasteiger partial charge in [-0.3, -0.25) is 14.9 Å². The van der Waals surface area contributed by atoms with E-state index < -0.39 is 16.4 Å². The van der Waals surface area contributed by atoms with Crippen LogP contribution in [0.2, 0.25) is 0 Å². The molecule has 0 radical (unpaired) electrons. The van der Waals surface area contributed by atoms with E-state index in [4.69, 9.17) is 0 Å². The Kier molecular flexibility index (Phi) is 4.86. The van der Waals surface area contributed by atoms with Crippen molar-refractivity contribution in [1.29, 1.82) is 0 Å². The number of aromatic hydroxyl groups is 1. The Morgan fingerprint density at radius 3 is 2.83 bits per heavy atom. The molecule has 0 saturated heterocycles. The van der Waals surface area contributed by atoms with Gasteiger partial charge in [0.15, 0.2) is 5.75 Å². The number of rotatable bonds is 6. The van der Waals surface area contributed by atoms with Gasteiger partial charge in [0.2, 0.25) is 0 Å². The number of carbonyl (C=O) groups is 1. The van der Waals surface area contributed by atoms with Gasteiger partial charge in [0.1, 0.15) is 0 Å². The monoisotopic (exact) mass is 250 g/mol. The van der Waals surface area contributed by atoms with Crippen molar-refractivity contribution in [3.63, 3.8) is 0 Å². The standard InChI is InChI=1S/C12H14N2O4/c1-2-3-4-7-13-12(16)9-5-6-10(14(17)18)11(15)8-9/h2,5-6,8,15H,1,3-4,7H2,(H,13,16). The van der Waals surface area contributed by atoms with E-state index in [0.717, 1.165) is 25.0 Å². The van der Waals surface area contributed by atoms with E-state index in [1.165, 1.54) is 6.07 Å². The minimum Gasteiger partial charge on any atom is -0.502 e. The molecule has 1 amide bonds. The van der Waals surface area contributed by atoms with Gasteiger partial charge in [0.25, 0.3) is 5.91 Å². The number of nitro benzene ring substituents is 1. The van der Waals surface area contributed by atoms with Gasteiger partial charge in [-0.15, -0.1) is 6.58 Å². The van der Waals surface area contributed by atoms with Crippen LogP contribution in [0.4, 0.5) is 5.69 Å². The summed E-state index contributed by atoms with van der Waals surface area (Å²) in [7, 11) is 0. The van der Waals surface area contributed by atoms with Crippen LogP contribution in [0.25, 0.3) is 0 Å². The summed E-state index contributed by atoms with van der Waals surface area (Å²) in [5.74, 6) is -0.886. The fraction of sp³-hybridized carbons (Fsp3) is 0.250. The summed E-state index contributed by atoms with van der Waals surface area (Å²) in [6.45, 7) is 4.05. The molecule has 0 bridgehead atoms. The Morgan fingerprint density at radius 2 is 2.28 bits per heavy atom. The first kappa shape index (κ1) is 13.7. The van der Waals surface area contributed by atoms with Gasteiger partial charge < -0.3 is 10.4 Å². The van der Waals surface area contributed by atoms with Gasteiger partial charge in [-0.1, -0.05) is 6.08 Å². The fourth-order valence-electron chi connectivity index (χ4n) is 1.37. The highest BCUT2D eigenvalue weighted by Gasteiger charge is 2.15. The van der Waals surface area contributed by atoms with Crippen molar-refractivity contribution >= 4 is 11.6 Å². The van der Waals surface area contributed by atoms with E-state index in [1.54, 1.807) is 6.08 Å². The lowest BCUT2D eigenvalue weighted by molar-refractivity contribution is -0.385. The highest BCUT2D eigenvalue weighted by molar-refractivity contribution is 5.95. The molecule has 0 atom stereocenters. The number of amides is 1. The summed E-state index contributed by atoms with van der Waals surface area (Å²) < 4.78 is 0. The number of hydrogen-bond acceptors (Lipinski definition) is 4. The molecule has 0 unspecified atom stereocenters. The second kappa shape index (κ2) is 6.39. The summed E-state index contributed by atoms with van der Waals surface area (Å²) in [5.41, 5.74) is -0.227. The van der Waals surface area contributed by atoms with Crippen molar-refractivity contribution in [3.05, 3.63) is 46.5 Å². The van der Waals surface area contributed by atoms with Crippen molar-refractivity contribution in [3.8, 4) is 5.75 Å². The summed E-state index contributed by atoms with van der Waals surface area (Å²) in [5, 5.41) is 22.5. The van der Waals surface area contributed by atoms with Crippen molar-refractivity contribution in [2.45, 2.75) is 12.8 Å². The lowest BCUT2D eigenvalue weighted by Crippen LogP contribution is -2.24. The van der Waals surface area contributed by atoms with E-state index in [0.29, 0.717) is 6.54 Å².